The van der Waals surface area contributed by atoms with Crippen LogP contribution in [0.3, 0.4) is 0 Å². The molecule has 0 aliphatic rings. The van der Waals surface area contributed by atoms with E-state index in [0.717, 1.165) is 16.6 Å². The number of aliphatic hydroxyl groups excluding tert-OH is 1. The summed E-state index contributed by atoms with van der Waals surface area (Å²) in [5.74, 6) is -0.157. The Balaban J connectivity index is 1.92. The number of hydrogen-bond donors (Lipinski definition) is 3. The van der Waals surface area contributed by atoms with Gasteiger partial charge in [-0.1, -0.05) is 18.2 Å². The summed E-state index contributed by atoms with van der Waals surface area (Å²) in [5.41, 5.74) is 7.45. The van der Waals surface area contributed by atoms with Crippen molar-refractivity contribution in [2.24, 2.45) is 0 Å². The number of aromatic amines is 1. The molecule has 1 amide bonds. The number of carbonyl (C=O) groups excluding carboxylic acids is 1. The summed E-state index contributed by atoms with van der Waals surface area (Å²) in [6.07, 6.45) is 3.85. The van der Waals surface area contributed by atoms with Crippen LogP contribution >= 0.6 is 0 Å². The number of fused-ring (bicyclic) bond motifs is 1. The van der Waals surface area contributed by atoms with E-state index in [0.29, 0.717) is 5.57 Å². The van der Waals surface area contributed by atoms with Crippen molar-refractivity contribution in [2.75, 3.05) is 6.61 Å². The van der Waals surface area contributed by atoms with E-state index in [9.17, 15) is 4.79 Å². The van der Waals surface area contributed by atoms with Crippen LogP contribution in [0.2, 0.25) is 0 Å². The molecular weight excluding hydrogens is 336 g/mol. The Morgan fingerprint density at radius 1 is 1.19 bits per heavy atom. The van der Waals surface area contributed by atoms with Gasteiger partial charge in [-0.25, -0.2) is 0 Å². The minimum atomic E-state index is -0.255. The number of aryl methyl sites for hydroxylation is 2. The summed E-state index contributed by atoms with van der Waals surface area (Å²) >= 11 is 0. The third-order valence-electron chi connectivity index (χ3n) is 4.86. The van der Waals surface area contributed by atoms with Gasteiger partial charge in [0, 0.05) is 23.3 Å². The van der Waals surface area contributed by atoms with Crippen LogP contribution < -0.4 is 5.32 Å². The minimum absolute atomic E-state index is 0.0721. The molecular formula is C23H26N2O2. The van der Waals surface area contributed by atoms with Gasteiger partial charge in [0.15, 0.2) is 0 Å². The van der Waals surface area contributed by atoms with Crippen molar-refractivity contribution < 1.29 is 9.90 Å². The predicted molar refractivity (Wildman–Crippen MR) is 112 cm³/mol. The molecule has 0 aliphatic heterocycles. The second kappa shape index (κ2) is 7.80. The van der Waals surface area contributed by atoms with E-state index in [-0.39, 0.29) is 18.6 Å². The predicted octanol–water partition coefficient (Wildman–Crippen LogP) is 4.35. The fraction of sp³-hybridized carbons (Fsp3) is 0.261. The van der Waals surface area contributed by atoms with Gasteiger partial charge < -0.3 is 15.4 Å². The molecule has 3 aromatic rings. The van der Waals surface area contributed by atoms with E-state index in [1.165, 1.54) is 22.1 Å². The largest absolute Gasteiger partial charge is 0.394 e. The highest BCUT2D eigenvalue weighted by Gasteiger charge is 2.11. The number of amides is 1. The number of nitrogens with one attached hydrogen (secondary N) is 2. The lowest BCUT2D eigenvalue weighted by Gasteiger charge is -2.13. The second-order valence-corrected chi connectivity index (χ2v) is 7.19. The molecule has 140 valence electrons. The fourth-order valence-corrected chi connectivity index (χ4v) is 3.21. The molecule has 0 bridgehead atoms. The molecule has 0 unspecified atom stereocenters. The van der Waals surface area contributed by atoms with Gasteiger partial charge in [0.05, 0.1) is 6.61 Å². The van der Waals surface area contributed by atoms with Gasteiger partial charge in [-0.3, -0.25) is 4.79 Å². The van der Waals surface area contributed by atoms with Crippen LogP contribution in [-0.2, 0) is 4.79 Å². The summed E-state index contributed by atoms with van der Waals surface area (Å²) in [7, 11) is 0. The molecule has 0 fully saturated rings. The molecule has 0 aliphatic carbocycles. The molecule has 1 aromatic heterocycles. The van der Waals surface area contributed by atoms with Crippen LogP contribution in [0.1, 0.15) is 30.5 Å². The molecule has 1 heterocycles. The monoisotopic (exact) mass is 362 g/mol. The van der Waals surface area contributed by atoms with Crippen LogP contribution in [-0.4, -0.2) is 28.6 Å². The highest BCUT2D eigenvalue weighted by atomic mass is 16.3. The van der Waals surface area contributed by atoms with Crippen LogP contribution in [0.4, 0.5) is 0 Å². The van der Waals surface area contributed by atoms with Crippen molar-refractivity contribution in [3.05, 3.63) is 64.9 Å². The van der Waals surface area contributed by atoms with Crippen molar-refractivity contribution >= 4 is 22.9 Å². The summed E-state index contributed by atoms with van der Waals surface area (Å²) in [6.45, 7) is 7.65. The van der Waals surface area contributed by atoms with Crippen molar-refractivity contribution in [1.29, 1.82) is 0 Å². The number of benzene rings is 2. The van der Waals surface area contributed by atoms with Crippen LogP contribution in [0.25, 0.3) is 28.1 Å². The first-order chi connectivity index (χ1) is 12.9. The zero-order valence-electron chi connectivity index (χ0n) is 16.3. The summed E-state index contributed by atoms with van der Waals surface area (Å²) < 4.78 is 0. The van der Waals surface area contributed by atoms with Crippen LogP contribution in [0.5, 0.6) is 0 Å². The number of aromatic nitrogens is 1. The minimum Gasteiger partial charge on any atom is -0.394 e. The summed E-state index contributed by atoms with van der Waals surface area (Å²) in [4.78, 5) is 15.4. The normalized spacial score (nSPS) is 13.0. The van der Waals surface area contributed by atoms with Crippen molar-refractivity contribution in [1.82, 2.24) is 10.3 Å². The standard InChI is InChI=1S/C23H26N2O2/c1-14-11-21(18-5-6-22-19(12-18)7-8-24-22)15(2)9-20(14)10-16(3)23(27)25-17(4)13-26/h5-12,17,24,26H,13H2,1-4H3,(H,25,27)/t17-/m0/s1. The summed E-state index contributed by atoms with van der Waals surface area (Å²) in [6, 6.07) is 12.5. The molecule has 27 heavy (non-hydrogen) atoms. The lowest BCUT2D eigenvalue weighted by Crippen LogP contribution is -2.35. The molecule has 1 atom stereocenters. The van der Waals surface area contributed by atoms with E-state index >= 15 is 0 Å². The van der Waals surface area contributed by atoms with Gasteiger partial charge in [-0.2, -0.15) is 0 Å². The van der Waals surface area contributed by atoms with Gasteiger partial charge in [-0.15, -0.1) is 0 Å². The van der Waals surface area contributed by atoms with Gasteiger partial charge in [0.2, 0.25) is 5.91 Å². The van der Waals surface area contributed by atoms with E-state index in [1.54, 1.807) is 13.8 Å². The average Bonchev–Trinajstić information content (AvgIpc) is 3.11. The Bertz CT molecular complexity index is 1010. The molecule has 4 nitrogen and oxygen atoms in total. The number of H-pyrrole nitrogens is 1. The molecule has 0 saturated heterocycles. The molecule has 4 heteroatoms. The van der Waals surface area contributed by atoms with E-state index in [4.69, 9.17) is 5.11 Å². The molecule has 3 N–H and O–H groups in total. The van der Waals surface area contributed by atoms with Gasteiger partial charge in [0.1, 0.15) is 0 Å². The fourth-order valence-electron chi connectivity index (χ4n) is 3.21. The lowest BCUT2D eigenvalue weighted by atomic mass is 9.93. The molecule has 0 radical (unpaired) electrons. The van der Waals surface area contributed by atoms with E-state index < -0.39 is 0 Å². The topological polar surface area (TPSA) is 65.1 Å². The first kappa shape index (κ1) is 18.9. The highest BCUT2D eigenvalue weighted by Crippen LogP contribution is 2.30. The SMILES string of the molecule is CC(=Cc1cc(C)c(-c2ccc3[nH]ccc3c2)cc1C)C(=O)N[C@@H](C)CO. The van der Waals surface area contributed by atoms with Crippen LogP contribution in [0.15, 0.2) is 48.2 Å². The number of rotatable bonds is 5. The molecule has 0 saturated carbocycles. The Morgan fingerprint density at radius 2 is 1.96 bits per heavy atom. The quantitative estimate of drug-likeness (QED) is 0.591. The average molecular weight is 362 g/mol. The summed E-state index contributed by atoms with van der Waals surface area (Å²) in [5, 5.41) is 13.1. The maximum Gasteiger partial charge on any atom is 0.247 e. The Labute approximate surface area is 159 Å². The first-order valence-corrected chi connectivity index (χ1v) is 9.18. The third kappa shape index (κ3) is 4.12. The molecule has 0 spiro atoms. The first-order valence-electron chi connectivity index (χ1n) is 9.18. The lowest BCUT2D eigenvalue weighted by molar-refractivity contribution is -0.118. The number of hydrogen-bond acceptors (Lipinski definition) is 2. The van der Waals surface area contributed by atoms with Gasteiger partial charge >= 0.3 is 0 Å². The third-order valence-corrected chi connectivity index (χ3v) is 4.86. The Morgan fingerprint density at radius 3 is 2.70 bits per heavy atom. The smallest absolute Gasteiger partial charge is 0.247 e. The molecule has 2 aromatic carbocycles. The van der Waals surface area contributed by atoms with E-state index in [1.807, 2.05) is 12.3 Å². The van der Waals surface area contributed by atoms with Crippen LogP contribution in [0, 0.1) is 13.8 Å². The van der Waals surface area contributed by atoms with Crippen molar-refractivity contribution in [3.63, 3.8) is 0 Å². The second-order valence-electron chi connectivity index (χ2n) is 7.19. The van der Waals surface area contributed by atoms with E-state index in [2.05, 4.69) is 60.5 Å². The Kier molecular flexibility index (Phi) is 5.47. The van der Waals surface area contributed by atoms with Crippen molar-refractivity contribution in [2.45, 2.75) is 33.7 Å². The van der Waals surface area contributed by atoms with Gasteiger partial charge in [-0.05, 0) is 85.2 Å². The maximum atomic E-state index is 12.2. The number of carbonyl (C=O) groups is 1. The zero-order chi connectivity index (χ0) is 19.6. The van der Waals surface area contributed by atoms with Gasteiger partial charge in [0.25, 0.3) is 0 Å². The number of aliphatic hydroxyl groups is 1. The highest BCUT2D eigenvalue weighted by molar-refractivity contribution is 5.97. The van der Waals surface area contributed by atoms with Crippen molar-refractivity contribution in [3.8, 4) is 11.1 Å². The maximum absolute atomic E-state index is 12.2. The Hall–Kier alpha value is -2.85. The zero-order valence-corrected chi connectivity index (χ0v) is 16.3. The molecule has 3 rings (SSSR count).